The van der Waals surface area contributed by atoms with Gasteiger partial charge in [-0.3, -0.25) is 0 Å². The monoisotopic (exact) mass is 258 g/mol. The fraction of sp³-hybridized carbons (Fsp3) is 0.0769. The van der Waals surface area contributed by atoms with Crippen LogP contribution in [0.5, 0.6) is 0 Å². The Labute approximate surface area is 110 Å². The topological polar surface area (TPSA) is 74.7 Å². The van der Waals surface area contributed by atoms with Gasteiger partial charge in [-0.15, -0.1) is 0 Å². The summed E-state index contributed by atoms with van der Waals surface area (Å²) in [5.74, 6) is 0.485. The van der Waals surface area contributed by atoms with Gasteiger partial charge in [0, 0.05) is 18.4 Å². The Morgan fingerprint density at radius 1 is 1.33 bits per heavy atom. The molecule has 0 fully saturated rings. The van der Waals surface area contributed by atoms with Crippen LogP contribution in [0, 0.1) is 11.3 Å². The highest BCUT2D eigenvalue weighted by Gasteiger charge is 2.07. The summed E-state index contributed by atoms with van der Waals surface area (Å²) in [7, 11) is 0. The first-order valence-electron chi connectivity index (χ1n) is 5.34. The van der Waals surface area contributed by atoms with Crippen LogP contribution in [0.15, 0.2) is 36.5 Å². The smallest absolute Gasteiger partial charge is 0.146 e. The molecule has 2 rings (SSSR count). The number of nitriles is 1. The number of para-hydroxylation sites is 1. The van der Waals surface area contributed by atoms with E-state index in [1.807, 2.05) is 30.3 Å². The van der Waals surface area contributed by atoms with Crippen LogP contribution >= 0.6 is 11.6 Å². The van der Waals surface area contributed by atoms with Gasteiger partial charge in [-0.2, -0.15) is 5.26 Å². The number of pyridine rings is 1. The standard InChI is InChI=1S/C13H11ClN4/c14-12-9(7-15)5-6-17-13(12)18-8-10-3-1-2-4-11(10)16/h1-6H,8,16H2,(H,17,18). The maximum atomic E-state index is 8.86. The molecule has 0 saturated carbocycles. The molecule has 0 radical (unpaired) electrons. The highest BCUT2D eigenvalue weighted by molar-refractivity contribution is 6.34. The molecule has 18 heavy (non-hydrogen) atoms. The van der Waals surface area contributed by atoms with Crippen LogP contribution in [0.2, 0.25) is 5.02 Å². The zero-order valence-corrected chi connectivity index (χ0v) is 10.3. The van der Waals surface area contributed by atoms with Crippen molar-refractivity contribution in [2.24, 2.45) is 0 Å². The molecule has 0 aliphatic rings. The molecule has 1 heterocycles. The number of nitrogen functional groups attached to an aromatic ring is 1. The van der Waals surface area contributed by atoms with Gasteiger partial charge in [-0.1, -0.05) is 29.8 Å². The Morgan fingerprint density at radius 2 is 2.11 bits per heavy atom. The molecule has 0 unspecified atom stereocenters. The summed E-state index contributed by atoms with van der Waals surface area (Å²) in [4.78, 5) is 4.10. The van der Waals surface area contributed by atoms with E-state index in [1.165, 1.54) is 0 Å². The molecule has 3 N–H and O–H groups in total. The predicted octanol–water partition coefficient (Wildman–Crippen LogP) is 2.80. The minimum absolute atomic E-state index is 0.328. The van der Waals surface area contributed by atoms with Gasteiger partial charge >= 0.3 is 0 Å². The highest BCUT2D eigenvalue weighted by atomic mass is 35.5. The van der Waals surface area contributed by atoms with Crippen molar-refractivity contribution in [1.82, 2.24) is 4.98 Å². The van der Waals surface area contributed by atoms with Gasteiger partial charge in [0.25, 0.3) is 0 Å². The van der Waals surface area contributed by atoms with Crippen molar-refractivity contribution in [3.05, 3.63) is 52.7 Å². The molecule has 0 amide bonds. The van der Waals surface area contributed by atoms with E-state index in [2.05, 4.69) is 10.3 Å². The van der Waals surface area contributed by atoms with Gasteiger partial charge in [0.1, 0.15) is 16.9 Å². The molecule has 0 bridgehead atoms. The van der Waals surface area contributed by atoms with Crippen molar-refractivity contribution in [2.75, 3.05) is 11.1 Å². The maximum Gasteiger partial charge on any atom is 0.146 e. The number of nitrogens with two attached hydrogens (primary N) is 1. The summed E-state index contributed by atoms with van der Waals surface area (Å²) in [6.45, 7) is 0.508. The lowest BCUT2D eigenvalue weighted by atomic mass is 10.2. The number of halogens is 1. The lowest BCUT2D eigenvalue weighted by molar-refractivity contribution is 1.11. The zero-order valence-electron chi connectivity index (χ0n) is 9.52. The summed E-state index contributed by atoms with van der Waals surface area (Å²) in [6.07, 6.45) is 1.54. The third-order valence-electron chi connectivity index (χ3n) is 2.51. The quantitative estimate of drug-likeness (QED) is 0.830. The number of rotatable bonds is 3. The summed E-state index contributed by atoms with van der Waals surface area (Å²) in [6, 6.07) is 11.1. The molecule has 0 saturated heterocycles. The second-order valence-corrected chi connectivity index (χ2v) is 4.06. The number of hydrogen-bond donors (Lipinski definition) is 2. The summed E-state index contributed by atoms with van der Waals surface area (Å²) < 4.78 is 0. The van der Waals surface area contributed by atoms with Crippen molar-refractivity contribution in [1.29, 1.82) is 5.26 Å². The highest BCUT2D eigenvalue weighted by Crippen LogP contribution is 2.23. The number of nitrogens with zero attached hydrogens (tertiary/aromatic N) is 2. The first kappa shape index (κ1) is 12.2. The maximum absolute atomic E-state index is 8.86. The lowest BCUT2D eigenvalue weighted by Crippen LogP contribution is -2.05. The van der Waals surface area contributed by atoms with E-state index >= 15 is 0 Å². The fourth-order valence-corrected chi connectivity index (χ4v) is 1.75. The van der Waals surface area contributed by atoms with Crippen LogP contribution in [0.4, 0.5) is 11.5 Å². The third kappa shape index (κ3) is 2.53. The van der Waals surface area contributed by atoms with Crippen LogP contribution in [0.25, 0.3) is 0 Å². The predicted molar refractivity (Wildman–Crippen MR) is 72.1 cm³/mol. The molecular weight excluding hydrogens is 248 g/mol. The van der Waals surface area contributed by atoms with E-state index in [4.69, 9.17) is 22.6 Å². The minimum Gasteiger partial charge on any atom is -0.398 e. The van der Waals surface area contributed by atoms with E-state index in [0.29, 0.717) is 28.6 Å². The van der Waals surface area contributed by atoms with Crippen molar-refractivity contribution >= 4 is 23.1 Å². The van der Waals surface area contributed by atoms with E-state index in [1.54, 1.807) is 12.3 Å². The van der Waals surface area contributed by atoms with E-state index in [0.717, 1.165) is 5.56 Å². The van der Waals surface area contributed by atoms with E-state index < -0.39 is 0 Å². The lowest BCUT2D eigenvalue weighted by Gasteiger charge is -2.09. The van der Waals surface area contributed by atoms with Crippen molar-refractivity contribution < 1.29 is 0 Å². The molecule has 0 aliphatic carbocycles. The number of hydrogen-bond acceptors (Lipinski definition) is 4. The molecular formula is C13H11ClN4. The van der Waals surface area contributed by atoms with E-state index in [-0.39, 0.29) is 0 Å². The van der Waals surface area contributed by atoms with Crippen LogP contribution in [-0.2, 0) is 6.54 Å². The van der Waals surface area contributed by atoms with Crippen LogP contribution in [0.3, 0.4) is 0 Å². The molecule has 5 heteroatoms. The molecule has 2 aromatic rings. The minimum atomic E-state index is 0.328. The van der Waals surface area contributed by atoms with Gasteiger partial charge in [0.15, 0.2) is 0 Å². The van der Waals surface area contributed by atoms with Gasteiger partial charge in [0.2, 0.25) is 0 Å². The number of benzene rings is 1. The first-order valence-corrected chi connectivity index (χ1v) is 5.72. The second-order valence-electron chi connectivity index (χ2n) is 3.69. The first-order chi connectivity index (χ1) is 8.72. The summed E-state index contributed by atoms with van der Waals surface area (Å²) in [5.41, 5.74) is 7.89. The zero-order chi connectivity index (χ0) is 13.0. The molecule has 0 atom stereocenters. The molecule has 1 aromatic heterocycles. The average molecular weight is 259 g/mol. The van der Waals surface area contributed by atoms with Crippen molar-refractivity contribution in [3.8, 4) is 6.07 Å². The molecule has 0 aliphatic heterocycles. The number of aromatic nitrogens is 1. The second kappa shape index (κ2) is 5.39. The van der Waals surface area contributed by atoms with Crippen LogP contribution < -0.4 is 11.1 Å². The summed E-state index contributed by atoms with van der Waals surface area (Å²) >= 11 is 6.04. The van der Waals surface area contributed by atoms with Crippen molar-refractivity contribution in [3.63, 3.8) is 0 Å². The summed E-state index contributed by atoms with van der Waals surface area (Å²) in [5, 5.41) is 12.3. The van der Waals surface area contributed by atoms with Crippen LogP contribution in [-0.4, -0.2) is 4.98 Å². The molecule has 0 spiro atoms. The Morgan fingerprint density at radius 3 is 2.83 bits per heavy atom. The van der Waals surface area contributed by atoms with E-state index in [9.17, 15) is 0 Å². The fourth-order valence-electron chi connectivity index (χ4n) is 1.53. The Bertz CT molecular complexity index is 604. The van der Waals surface area contributed by atoms with Crippen molar-refractivity contribution in [2.45, 2.75) is 6.54 Å². The number of nitrogens with one attached hydrogen (secondary N) is 1. The van der Waals surface area contributed by atoms with Gasteiger partial charge in [-0.25, -0.2) is 4.98 Å². The van der Waals surface area contributed by atoms with Gasteiger partial charge in [0.05, 0.1) is 5.56 Å². The SMILES string of the molecule is N#Cc1ccnc(NCc2ccccc2N)c1Cl. The van der Waals surface area contributed by atoms with Gasteiger partial charge < -0.3 is 11.1 Å². The molecule has 1 aromatic carbocycles. The normalized spacial score (nSPS) is 9.78. The number of anilines is 2. The third-order valence-corrected chi connectivity index (χ3v) is 2.89. The average Bonchev–Trinajstić information content (AvgIpc) is 2.39. The molecule has 90 valence electrons. The molecule has 4 nitrogen and oxygen atoms in total. The Kier molecular flexibility index (Phi) is 3.66. The van der Waals surface area contributed by atoms with Crippen LogP contribution in [0.1, 0.15) is 11.1 Å². The Hall–Kier alpha value is -2.25. The Balaban J connectivity index is 2.17. The largest absolute Gasteiger partial charge is 0.398 e. The van der Waals surface area contributed by atoms with Gasteiger partial charge in [-0.05, 0) is 17.7 Å².